The Morgan fingerprint density at radius 3 is 2.45 bits per heavy atom. The van der Waals surface area contributed by atoms with Crippen molar-refractivity contribution < 1.29 is 14.0 Å². The summed E-state index contributed by atoms with van der Waals surface area (Å²) in [7, 11) is 0. The van der Waals surface area contributed by atoms with Crippen molar-refractivity contribution >= 4 is 11.8 Å². The van der Waals surface area contributed by atoms with Gasteiger partial charge in [0.1, 0.15) is 5.82 Å². The van der Waals surface area contributed by atoms with E-state index in [0.717, 1.165) is 5.56 Å². The van der Waals surface area contributed by atoms with Crippen LogP contribution in [0.25, 0.3) is 0 Å². The number of hydrogen-bond acceptors (Lipinski definition) is 3. The lowest BCUT2D eigenvalue weighted by Gasteiger charge is -2.17. The molecule has 2 amide bonds. The lowest BCUT2D eigenvalue weighted by Crippen LogP contribution is -2.47. The largest absolute Gasteiger partial charge is 0.348 e. The molecule has 0 saturated heterocycles. The normalized spacial score (nSPS) is 13.6. The molecule has 22 heavy (non-hydrogen) atoms. The van der Waals surface area contributed by atoms with Crippen molar-refractivity contribution in [3.63, 3.8) is 0 Å². The number of aryl methyl sites for hydroxylation is 1. The van der Waals surface area contributed by atoms with E-state index < -0.39 is 6.04 Å². The van der Waals surface area contributed by atoms with Gasteiger partial charge in [0.05, 0.1) is 18.6 Å². The second-order valence-electron chi connectivity index (χ2n) is 5.79. The molecule has 1 aromatic carbocycles. The van der Waals surface area contributed by atoms with Gasteiger partial charge in [-0.15, -0.1) is 0 Å². The summed E-state index contributed by atoms with van der Waals surface area (Å²) in [4.78, 5) is 23.5. The number of amides is 2. The fourth-order valence-electron chi connectivity index (χ4n) is 1.90. The standard InChI is InChI=1S/C16H24FN3O2/c1-9(2)15(18)16(22)19-8-14(21)20-11(4)12-5-6-13(17)10(3)7-12/h5-7,9,11,15H,8,18H2,1-4H3,(H,19,22)(H,20,21)/t11?,15-/m0/s1. The topological polar surface area (TPSA) is 84.2 Å². The molecule has 0 saturated carbocycles. The molecule has 0 bridgehead atoms. The van der Waals surface area contributed by atoms with E-state index in [4.69, 9.17) is 5.73 Å². The Bertz CT molecular complexity index is 546. The van der Waals surface area contributed by atoms with E-state index in [1.54, 1.807) is 26.0 Å². The average molecular weight is 309 g/mol. The number of nitrogens with one attached hydrogen (secondary N) is 2. The minimum Gasteiger partial charge on any atom is -0.348 e. The third-order valence-electron chi connectivity index (χ3n) is 3.50. The lowest BCUT2D eigenvalue weighted by molar-refractivity contribution is -0.127. The summed E-state index contributed by atoms with van der Waals surface area (Å²) in [5, 5.41) is 5.25. The van der Waals surface area contributed by atoms with Crippen LogP contribution in [0.15, 0.2) is 18.2 Å². The van der Waals surface area contributed by atoms with Crippen LogP contribution in [-0.4, -0.2) is 24.4 Å². The summed E-state index contributed by atoms with van der Waals surface area (Å²) in [6, 6.07) is 3.78. The van der Waals surface area contributed by atoms with Crippen LogP contribution in [0.1, 0.15) is 37.9 Å². The van der Waals surface area contributed by atoms with Gasteiger partial charge in [-0.2, -0.15) is 0 Å². The first-order valence-electron chi connectivity index (χ1n) is 7.31. The molecule has 0 radical (unpaired) electrons. The summed E-state index contributed by atoms with van der Waals surface area (Å²) in [5.74, 6) is -0.949. The highest BCUT2D eigenvalue weighted by Crippen LogP contribution is 2.16. The van der Waals surface area contributed by atoms with Gasteiger partial charge in [-0.3, -0.25) is 9.59 Å². The summed E-state index contributed by atoms with van der Waals surface area (Å²) in [6.45, 7) is 7.00. The highest BCUT2D eigenvalue weighted by molar-refractivity contribution is 5.87. The van der Waals surface area contributed by atoms with Crippen molar-refractivity contribution in [2.24, 2.45) is 11.7 Å². The average Bonchev–Trinajstić information content (AvgIpc) is 2.46. The second kappa shape index (κ2) is 7.89. The molecule has 0 spiro atoms. The number of hydrogen-bond donors (Lipinski definition) is 3. The van der Waals surface area contributed by atoms with E-state index in [2.05, 4.69) is 10.6 Å². The predicted molar refractivity (Wildman–Crippen MR) is 83.5 cm³/mol. The summed E-state index contributed by atoms with van der Waals surface area (Å²) in [6.07, 6.45) is 0. The Morgan fingerprint density at radius 1 is 1.27 bits per heavy atom. The molecule has 1 unspecified atom stereocenters. The van der Waals surface area contributed by atoms with Crippen LogP contribution >= 0.6 is 0 Å². The van der Waals surface area contributed by atoms with E-state index in [0.29, 0.717) is 5.56 Å². The fourth-order valence-corrected chi connectivity index (χ4v) is 1.90. The molecule has 0 aliphatic carbocycles. The summed E-state index contributed by atoms with van der Waals surface area (Å²) < 4.78 is 13.2. The van der Waals surface area contributed by atoms with E-state index in [9.17, 15) is 14.0 Å². The molecule has 0 fully saturated rings. The zero-order valence-electron chi connectivity index (χ0n) is 13.4. The van der Waals surface area contributed by atoms with Gasteiger partial charge < -0.3 is 16.4 Å². The first-order chi connectivity index (χ1) is 10.2. The molecule has 4 N–H and O–H groups in total. The third kappa shape index (κ3) is 5.11. The van der Waals surface area contributed by atoms with Crippen LogP contribution < -0.4 is 16.4 Å². The molecule has 6 heteroatoms. The molecule has 122 valence electrons. The Labute approximate surface area is 130 Å². The number of carbonyl (C=O) groups is 2. The molecule has 0 aliphatic rings. The summed E-state index contributed by atoms with van der Waals surface area (Å²) in [5.41, 5.74) is 7.02. The third-order valence-corrected chi connectivity index (χ3v) is 3.50. The molecule has 0 heterocycles. The maximum Gasteiger partial charge on any atom is 0.239 e. The Kier molecular flexibility index (Phi) is 6.49. The molecule has 2 atom stereocenters. The first-order valence-corrected chi connectivity index (χ1v) is 7.31. The molecular formula is C16H24FN3O2. The number of carbonyl (C=O) groups excluding carboxylic acids is 2. The Morgan fingerprint density at radius 2 is 1.91 bits per heavy atom. The minimum atomic E-state index is -0.634. The van der Waals surface area contributed by atoms with Crippen molar-refractivity contribution in [1.82, 2.24) is 10.6 Å². The zero-order valence-corrected chi connectivity index (χ0v) is 13.4. The smallest absolute Gasteiger partial charge is 0.239 e. The molecule has 0 aromatic heterocycles. The minimum absolute atomic E-state index is 0.00387. The number of rotatable bonds is 6. The second-order valence-corrected chi connectivity index (χ2v) is 5.79. The van der Waals surface area contributed by atoms with Crippen LogP contribution in [0.4, 0.5) is 4.39 Å². The van der Waals surface area contributed by atoms with Crippen molar-refractivity contribution in [2.75, 3.05) is 6.54 Å². The van der Waals surface area contributed by atoms with E-state index in [1.165, 1.54) is 6.07 Å². The molecule has 5 nitrogen and oxygen atoms in total. The molecule has 1 rings (SSSR count). The van der Waals surface area contributed by atoms with Gasteiger partial charge in [0.25, 0.3) is 0 Å². The van der Waals surface area contributed by atoms with Crippen LogP contribution in [0.2, 0.25) is 0 Å². The number of nitrogens with two attached hydrogens (primary N) is 1. The number of halogens is 1. The van der Waals surface area contributed by atoms with Crippen LogP contribution in [-0.2, 0) is 9.59 Å². The van der Waals surface area contributed by atoms with Gasteiger partial charge >= 0.3 is 0 Å². The van der Waals surface area contributed by atoms with Gasteiger partial charge in [-0.05, 0) is 37.0 Å². The molecular weight excluding hydrogens is 285 g/mol. The highest BCUT2D eigenvalue weighted by atomic mass is 19.1. The first kappa shape index (κ1) is 18.1. The quantitative estimate of drug-likeness (QED) is 0.743. The molecule has 1 aromatic rings. The maximum absolute atomic E-state index is 13.2. The monoisotopic (exact) mass is 309 g/mol. The van der Waals surface area contributed by atoms with Gasteiger partial charge in [0, 0.05) is 0 Å². The van der Waals surface area contributed by atoms with Gasteiger partial charge in [-0.25, -0.2) is 4.39 Å². The van der Waals surface area contributed by atoms with Crippen LogP contribution in [0.5, 0.6) is 0 Å². The van der Waals surface area contributed by atoms with Crippen LogP contribution in [0.3, 0.4) is 0 Å². The fraction of sp³-hybridized carbons (Fsp3) is 0.500. The zero-order chi connectivity index (χ0) is 16.9. The Hall–Kier alpha value is -1.95. The van der Waals surface area contributed by atoms with E-state index in [-0.39, 0.29) is 36.1 Å². The van der Waals surface area contributed by atoms with E-state index in [1.807, 2.05) is 13.8 Å². The molecule has 0 aliphatic heterocycles. The predicted octanol–water partition coefficient (Wildman–Crippen LogP) is 1.41. The SMILES string of the molecule is Cc1cc(C(C)NC(=O)CNC(=O)[C@@H](N)C(C)C)ccc1F. The summed E-state index contributed by atoms with van der Waals surface area (Å²) >= 11 is 0. The van der Waals surface area contributed by atoms with Crippen molar-refractivity contribution in [1.29, 1.82) is 0 Å². The van der Waals surface area contributed by atoms with E-state index >= 15 is 0 Å². The van der Waals surface area contributed by atoms with Crippen molar-refractivity contribution in [3.05, 3.63) is 35.1 Å². The Balaban J connectivity index is 2.51. The highest BCUT2D eigenvalue weighted by Gasteiger charge is 2.18. The maximum atomic E-state index is 13.2. The van der Waals surface area contributed by atoms with Gasteiger partial charge in [0.15, 0.2) is 0 Å². The van der Waals surface area contributed by atoms with Gasteiger partial charge in [-0.1, -0.05) is 26.0 Å². The number of benzene rings is 1. The lowest BCUT2D eigenvalue weighted by atomic mass is 10.0. The van der Waals surface area contributed by atoms with Crippen LogP contribution in [0, 0.1) is 18.7 Å². The van der Waals surface area contributed by atoms with Crippen molar-refractivity contribution in [3.8, 4) is 0 Å². The van der Waals surface area contributed by atoms with Crippen molar-refractivity contribution in [2.45, 2.75) is 39.8 Å². The van der Waals surface area contributed by atoms with Gasteiger partial charge in [0.2, 0.25) is 11.8 Å².